The highest BCUT2D eigenvalue weighted by molar-refractivity contribution is 7.13. The maximum Gasteiger partial charge on any atom is 0.312 e. The van der Waals surface area contributed by atoms with E-state index in [1.54, 1.807) is 17.0 Å². The number of rotatable bonds is 8. The molecule has 2 aromatic carbocycles. The van der Waals surface area contributed by atoms with E-state index in [0.29, 0.717) is 35.3 Å². The Bertz CT molecular complexity index is 1120. The van der Waals surface area contributed by atoms with Crippen molar-refractivity contribution in [1.29, 1.82) is 0 Å². The Balaban J connectivity index is 1.28. The van der Waals surface area contributed by atoms with Crippen molar-refractivity contribution in [3.8, 4) is 22.1 Å². The topological polar surface area (TPSA) is 78.0 Å². The summed E-state index contributed by atoms with van der Waals surface area (Å²) in [4.78, 5) is 30.9. The van der Waals surface area contributed by atoms with Crippen molar-refractivity contribution in [2.24, 2.45) is 0 Å². The van der Waals surface area contributed by atoms with Gasteiger partial charge in [-0.25, -0.2) is 4.98 Å². The minimum atomic E-state index is -0.495. The van der Waals surface area contributed by atoms with Crippen LogP contribution in [-0.4, -0.2) is 41.7 Å². The van der Waals surface area contributed by atoms with E-state index in [-0.39, 0.29) is 25.7 Å². The molecule has 0 saturated carbocycles. The second-order valence-electron chi connectivity index (χ2n) is 7.08. The molecule has 1 aromatic heterocycles. The molecule has 0 atom stereocenters. The van der Waals surface area contributed by atoms with Gasteiger partial charge in [-0.05, 0) is 36.8 Å². The van der Waals surface area contributed by atoms with Gasteiger partial charge in [0.2, 0.25) is 6.79 Å². The summed E-state index contributed by atoms with van der Waals surface area (Å²) < 4.78 is 15.9. The third-order valence-corrected chi connectivity index (χ3v) is 6.06. The summed E-state index contributed by atoms with van der Waals surface area (Å²) >= 11 is 7.35. The molecule has 9 heteroatoms. The molecule has 0 saturated heterocycles. The number of aromatic nitrogens is 1. The van der Waals surface area contributed by atoms with Gasteiger partial charge in [-0.3, -0.25) is 9.59 Å². The number of halogens is 1. The molecule has 1 aliphatic heterocycles. The molecule has 166 valence electrons. The molecule has 0 aliphatic carbocycles. The van der Waals surface area contributed by atoms with E-state index in [1.165, 1.54) is 11.3 Å². The number of fused-ring (bicyclic) bond motifs is 1. The predicted molar refractivity (Wildman–Crippen MR) is 121 cm³/mol. The summed E-state index contributed by atoms with van der Waals surface area (Å²) in [6.45, 7) is 2.64. The molecular formula is C23H21ClN2O5S. The van der Waals surface area contributed by atoms with E-state index in [0.717, 1.165) is 16.1 Å². The zero-order valence-electron chi connectivity index (χ0n) is 17.4. The Morgan fingerprint density at radius 1 is 1.16 bits per heavy atom. The normalized spacial score (nSPS) is 11.9. The summed E-state index contributed by atoms with van der Waals surface area (Å²) in [5, 5.41) is 3.25. The zero-order chi connectivity index (χ0) is 22.5. The van der Waals surface area contributed by atoms with Gasteiger partial charge < -0.3 is 19.1 Å². The molecule has 0 N–H and O–H groups in total. The zero-order valence-corrected chi connectivity index (χ0v) is 18.9. The van der Waals surface area contributed by atoms with Gasteiger partial charge in [-0.2, -0.15) is 0 Å². The third kappa shape index (κ3) is 5.38. The van der Waals surface area contributed by atoms with Crippen LogP contribution in [-0.2, 0) is 27.3 Å². The first-order valence-electron chi connectivity index (χ1n) is 10.0. The molecule has 0 spiro atoms. The number of carbonyl (C=O) groups excluding carboxylic acids is 2. The molecule has 4 rings (SSSR count). The first-order chi connectivity index (χ1) is 15.5. The number of ether oxygens (including phenoxy) is 3. The van der Waals surface area contributed by atoms with Gasteiger partial charge in [-0.15, -0.1) is 11.3 Å². The van der Waals surface area contributed by atoms with Crippen molar-refractivity contribution < 1.29 is 23.8 Å². The van der Waals surface area contributed by atoms with E-state index in [9.17, 15) is 9.59 Å². The van der Waals surface area contributed by atoms with Gasteiger partial charge in [0.15, 0.2) is 18.1 Å². The van der Waals surface area contributed by atoms with E-state index in [4.69, 9.17) is 25.8 Å². The maximum absolute atomic E-state index is 12.6. The molecule has 1 amide bonds. The molecule has 0 radical (unpaired) electrons. The lowest BCUT2D eigenvalue weighted by molar-refractivity contribution is -0.151. The van der Waals surface area contributed by atoms with Crippen LogP contribution in [0, 0.1) is 0 Å². The van der Waals surface area contributed by atoms with Crippen LogP contribution in [0.15, 0.2) is 47.8 Å². The van der Waals surface area contributed by atoms with E-state index >= 15 is 0 Å². The molecule has 0 bridgehead atoms. The van der Waals surface area contributed by atoms with Crippen molar-refractivity contribution in [2.75, 3.05) is 19.9 Å². The van der Waals surface area contributed by atoms with Crippen molar-refractivity contribution in [1.82, 2.24) is 9.88 Å². The van der Waals surface area contributed by atoms with Crippen molar-refractivity contribution in [3.05, 3.63) is 64.1 Å². The van der Waals surface area contributed by atoms with Crippen LogP contribution in [0.5, 0.6) is 11.5 Å². The van der Waals surface area contributed by atoms with Crippen molar-refractivity contribution >= 4 is 34.8 Å². The monoisotopic (exact) mass is 472 g/mol. The highest BCUT2D eigenvalue weighted by Gasteiger charge is 2.18. The minimum absolute atomic E-state index is 0.00561. The predicted octanol–water partition coefficient (Wildman–Crippen LogP) is 4.33. The van der Waals surface area contributed by atoms with Crippen molar-refractivity contribution in [2.45, 2.75) is 19.9 Å². The molecular weight excluding hydrogens is 452 g/mol. The fourth-order valence-electron chi connectivity index (χ4n) is 3.18. The molecule has 3 aromatic rings. The van der Waals surface area contributed by atoms with Gasteiger partial charge in [0.25, 0.3) is 5.91 Å². The van der Waals surface area contributed by atoms with Crippen LogP contribution in [0.4, 0.5) is 0 Å². The lowest BCUT2D eigenvalue weighted by atomic mass is 10.2. The SMILES string of the molecule is CCN(Cc1ccc2c(c1)OCO2)C(=O)COC(=O)Cc1csc(-c2ccc(Cl)cc2)n1. The Morgan fingerprint density at radius 2 is 1.94 bits per heavy atom. The highest BCUT2D eigenvalue weighted by Crippen LogP contribution is 2.32. The first kappa shape index (κ1) is 22.1. The van der Waals surface area contributed by atoms with Gasteiger partial charge in [0, 0.05) is 29.1 Å². The van der Waals surface area contributed by atoms with E-state index < -0.39 is 5.97 Å². The average Bonchev–Trinajstić information content (AvgIpc) is 3.45. The average molecular weight is 473 g/mol. The number of esters is 1. The number of thiazole rings is 1. The molecule has 2 heterocycles. The smallest absolute Gasteiger partial charge is 0.312 e. The molecule has 1 aliphatic rings. The van der Waals surface area contributed by atoms with Gasteiger partial charge in [0.05, 0.1) is 12.1 Å². The number of hydrogen-bond acceptors (Lipinski definition) is 7. The standard InChI is InChI=1S/C23H21ClN2O5S/c1-2-26(11-15-3-8-19-20(9-15)31-14-30-19)21(27)12-29-22(28)10-18-13-32-23(25-18)16-4-6-17(24)7-5-16/h3-9,13H,2,10-12,14H2,1H3. The van der Waals surface area contributed by atoms with Crippen LogP contribution < -0.4 is 9.47 Å². The molecule has 0 fully saturated rings. The lowest BCUT2D eigenvalue weighted by Gasteiger charge is -2.21. The summed E-state index contributed by atoms with van der Waals surface area (Å²) in [5.41, 5.74) is 2.44. The van der Waals surface area contributed by atoms with Crippen LogP contribution in [0.3, 0.4) is 0 Å². The minimum Gasteiger partial charge on any atom is -0.455 e. The van der Waals surface area contributed by atoms with Crippen LogP contribution >= 0.6 is 22.9 Å². The number of amides is 1. The summed E-state index contributed by atoms with van der Waals surface area (Å²) in [6, 6.07) is 12.9. The number of benzene rings is 2. The summed E-state index contributed by atoms with van der Waals surface area (Å²) in [7, 11) is 0. The van der Waals surface area contributed by atoms with Crippen LogP contribution in [0.2, 0.25) is 5.02 Å². The van der Waals surface area contributed by atoms with Gasteiger partial charge in [0.1, 0.15) is 5.01 Å². The summed E-state index contributed by atoms with van der Waals surface area (Å²) in [6.07, 6.45) is 0.00561. The van der Waals surface area contributed by atoms with Crippen LogP contribution in [0.1, 0.15) is 18.2 Å². The Hall–Kier alpha value is -3.10. The molecule has 0 unspecified atom stereocenters. The number of nitrogens with zero attached hydrogens (tertiary/aromatic N) is 2. The third-order valence-electron chi connectivity index (χ3n) is 4.87. The van der Waals surface area contributed by atoms with Crippen molar-refractivity contribution in [3.63, 3.8) is 0 Å². The summed E-state index contributed by atoms with van der Waals surface area (Å²) in [5.74, 6) is 0.598. The number of carbonyl (C=O) groups is 2. The van der Waals surface area contributed by atoms with E-state index in [1.807, 2.05) is 42.6 Å². The fourth-order valence-corrected chi connectivity index (χ4v) is 4.13. The number of likely N-dealkylation sites (N-methyl/N-ethyl adjacent to an activating group) is 1. The lowest BCUT2D eigenvalue weighted by Crippen LogP contribution is -2.34. The molecule has 32 heavy (non-hydrogen) atoms. The first-order valence-corrected chi connectivity index (χ1v) is 11.3. The van der Waals surface area contributed by atoms with E-state index in [2.05, 4.69) is 4.98 Å². The Kier molecular flexibility index (Phi) is 6.92. The Morgan fingerprint density at radius 3 is 2.72 bits per heavy atom. The fraction of sp³-hybridized carbons (Fsp3) is 0.261. The second kappa shape index (κ2) is 10.0. The van der Waals surface area contributed by atoms with Gasteiger partial charge >= 0.3 is 5.97 Å². The maximum atomic E-state index is 12.6. The Labute approximate surface area is 194 Å². The number of hydrogen-bond donors (Lipinski definition) is 0. The quantitative estimate of drug-likeness (QED) is 0.454. The largest absolute Gasteiger partial charge is 0.455 e. The van der Waals surface area contributed by atoms with Crippen LogP contribution in [0.25, 0.3) is 10.6 Å². The highest BCUT2D eigenvalue weighted by atomic mass is 35.5. The van der Waals surface area contributed by atoms with Gasteiger partial charge in [-0.1, -0.05) is 29.8 Å². The molecule has 7 nitrogen and oxygen atoms in total. The second-order valence-corrected chi connectivity index (χ2v) is 8.38.